The van der Waals surface area contributed by atoms with Crippen LogP contribution in [0.15, 0.2) is 0 Å². The molecule has 4 nitrogen and oxygen atoms in total. The molecule has 0 aromatic carbocycles. The van der Waals surface area contributed by atoms with E-state index in [1.807, 2.05) is 0 Å². The molecule has 62 valence electrons. The maximum Gasteiger partial charge on any atom is 0.122 e. The Hall–Kier alpha value is -0.160. The van der Waals surface area contributed by atoms with Crippen LogP contribution in [0.4, 0.5) is 0 Å². The van der Waals surface area contributed by atoms with Crippen LogP contribution in [0.3, 0.4) is 0 Å². The summed E-state index contributed by atoms with van der Waals surface area (Å²) < 4.78 is 0. The molecule has 0 spiro atoms. The number of nitrogens with zero attached hydrogens (tertiary/aromatic N) is 3. The summed E-state index contributed by atoms with van der Waals surface area (Å²) in [6.45, 7) is 7.16. The van der Waals surface area contributed by atoms with Crippen molar-refractivity contribution < 1.29 is 0 Å². The van der Waals surface area contributed by atoms with Gasteiger partial charge in [0.2, 0.25) is 0 Å². The summed E-state index contributed by atoms with van der Waals surface area (Å²) in [4.78, 5) is 7.58. The minimum Gasteiger partial charge on any atom is -0.303 e. The van der Waals surface area contributed by atoms with E-state index in [0.29, 0.717) is 6.29 Å². The summed E-state index contributed by atoms with van der Waals surface area (Å²) in [6, 6.07) is 0. The van der Waals surface area contributed by atoms with Gasteiger partial charge in [-0.3, -0.25) is 14.7 Å². The molecule has 0 saturated carbocycles. The van der Waals surface area contributed by atoms with E-state index >= 15 is 0 Å². The van der Waals surface area contributed by atoms with Gasteiger partial charge in [0.25, 0.3) is 0 Å². The highest BCUT2D eigenvalue weighted by atomic mass is 15.7. The Bertz CT molecular complexity index is 170. The smallest absolute Gasteiger partial charge is 0.122 e. The van der Waals surface area contributed by atoms with E-state index in [2.05, 4.69) is 20.0 Å². The van der Waals surface area contributed by atoms with Crippen LogP contribution in [0.5, 0.6) is 0 Å². The van der Waals surface area contributed by atoms with Crippen LogP contribution in [-0.2, 0) is 0 Å². The van der Waals surface area contributed by atoms with Crippen LogP contribution in [0.2, 0.25) is 0 Å². The lowest BCUT2D eigenvalue weighted by atomic mass is 10.4. The molecule has 1 atom stereocenters. The van der Waals surface area contributed by atoms with Crippen molar-refractivity contribution in [2.24, 2.45) is 0 Å². The molecule has 1 unspecified atom stereocenters. The summed E-state index contributed by atoms with van der Waals surface area (Å²) in [5.41, 5.74) is 0. The first-order valence-corrected chi connectivity index (χ1v) is 4.38. The van der Waals surface area contributed by atoms with Gasteiger partial charge in [0.15, 0.2) is 0 Å². The summed E-state index contributed by atoms with van der Waals surface area (Å²) >= 11 is 0. The molecule has 0 aromatic heterocycles. The second-order valence-corrected chi connectivity index (χ2v) is 3.58. The van der Waals surface area contributed by atoms with E-state index in [-0.39, 0.29) is 0 Å². The van der Waals surface area contributed by atoms with Crippen molar-refractivity contribution in [3.8, 4) is 0 Å². The standard InChI is InChI=1S/C7H14N4/c1-2-10-6-11-4-3-9(5-8-1)7(10)11/h7-8H,1-6H2. The van der Waals surface area contributed by atoms with Gasteiger partial charge in [-0.05, 0) is 0 Å². The van der Waals surface area contributed by atoms with Gasteiger partial charge in [0, 0.05) is 26.2 Å². The lowest BCUT2D eigenvalue weighted by molar-refractivity contribution is -0.129. The second kappa shape index (κ2) is 2.17. The fourth-order valence-electron chi connectivity index (χ4n) is 2.33. The Kier molecular flexibility index (Phi) is 1.25. The van der Waals surface area contributed by atoms with Crippen LogP contribution < -0.4 is 5.32 Å². The zero-order chi connectivity index (χ0) is 7.26. The van der Waals surface area contributed by atoms with E-state index in [0.717, 1.165) is 13.2 Å². The molecule has 0 bridgehead atoms. The van der Waals surface area contributed by atoms with Crippen molar-refractivity contribution in [1.82, 2.24) is 20.0 Å². The fraction of sp³-hybridized carbons (Fsp3) is 1.00. The van der Waals surface area contributed by atoms with Crippen molar-refractivity contribution in [2.75, 3.05) is 39.5 Å². The Labute approximate surface area is 66.7 Å². The molecule has 3 heterocycles. The van der Waals surface area contributed by atoms with Gasteiger partial charge in [-0.1, -0.05) is 0 Å². The number of hydrogen-bond donors (Lipinski definition) is 1. The molecule has 3 fully saturated rings. The SMILES string of the molecule is C1CN2CN3CCN(CN1)C23. The van der Waals surface area contributed by atoms with Crippen molar-refractivity contribution in [2.45, 2.75) is 6.29 Å². The third kappa shape index (κ3) is 0.780. The molecular weight excluding hydrogens is 140 g/mol. The summed E-state index contributed by atoms with van der Waals surface area (Å²) in [6.07, 6.45) is 0.657. The Morgan fingerprint density at radius 1 is 1.00 bits per heavy atom. The molecule has 0 radical (unpaired) electrons. The molecule has 1 N–H and O–H groups in total. The van der Waals surface area contributed by atoms with Crippen LogP contribution in [-0.4, -0.2) is 60.5 Å². The zero-order valence-electron chi connectivity index (χ0n) is 6.66. The number of hydrogen-bond acceptors (Lipinski definition) is 4. The highest BCUT2D eigenvalue weighted by molar-refractivity contribution is 4.90. The average molecular weight is 154 g/mol. The quantitative estimate of drug-likeness (QED) is 0.469. The average Bonchev–Trinajstić information content (AvgIpc) is 2.21. The van der Waals surface area contributed by atoms with Gasteiger partial charge in [0.1, 0.15) is 6.29 Å². The molecule has 3 aliphatic rings. The Morgan fingerprint density at radius 3 is 2.82 bits per heavy atom. The van der Waals surface area contributed by atoms with Crippen molar-refractivity contribution in [3.05, 3.63) is 0 Å². The van der Waals surface area contributed by atoms with Crippen LogP contribution in [0, 0.1) is 0 Å². The van der Waals surface area contributed by atoms with Crippen LogP contribution in [0.1, 0.15) is 0 Å². The molecule has 4 heteroatoms. The third-order valence-electron chi connectivity index (χ3n) is 2.91. The van der Waals surface area contributed by atoms with E-state index < -0.39 is 0 Å². The van der Waals surface area contributed by atoms with Crippen LogP contribution >= 0.6 is 0 Å². The first kappa shape index (κ1) is 6.37. The predicted molar refractivity (Wildman–Crippen MR) is 41.6 cm³/mol. The van der Waals surface area contributed by atoms with Gasteiger partial charge < -0.3 is 5.32 Å². The lowest BCUT2D eigenvalue weighted by Crippen LogP contribution is -2.64. The summed E-state index contributed by atoms with van der Waals surface area (Å²) in [5.74, 6) is 0. The predicted octanol–water partition coefficient (Wildman–Crippen LogP) is -1.28. The van der Waals surface area contributed by atoms with Crippen molar-refractivity contribution in [3.63, 3.8) is 0 Å². The van der Waals surface area contributed by atoms with Gasteiger partial charge >= 0.3 is 0 Å². The van der Waals surface area contributed by atoms with E-state index in [1.54, 1.807) is 0 Å². The summed E-state index contributed by atoms with van der Waals surface area (Å²) in [5, 5.41) is 3.43. The Balaban J connectivity index is 1.82. The maximum atomic E-state index is 3.43. The highest BCUT2D eigenvalue weighted by Crippen LogP contribution is 2.27. The van der Waals surface area contributed by atoms with Gasteiger partial charge in [-0.15, -0.1) is 0 Å². The number of nitrogens with one attached hydrogen (secondary N) is 1. The topological polar surface area (TPSA) is 21.8 Å². The van der Waals surface area contributed by atoms with E-state index in [4.69, 9.17) is 0 Å². The van der Waals surface area contributed by atoms with E-state index in [1.165, 1.54) is 26.3 Å². The fourth-order valence-corrected chi connectivity index (χ4v) is 2.33. The first-order valence-electron chi connectivity index (χ1n) is 4.38. The molecule has 11 heavy (non-hydrogen) atoms. The molecule has 3 saturated heterocycles. The largest absolute Gasteiger partial charge is 0.303 e. The van der Waals surface area contributed by atoms with E-state index in [9.17, 15) is 0 Å². The molecule has 0 amide bonds. The molecule has 3 aliphatic heterocycles. The maximum absolute atomic E-state index is 3.43. The highest BCUT2D eigenvalue weighted by Gasteiger charge is 2.45. The lowest BCUT2D eigenvalue weighted by Gasteiger charge is -2.47. The Morgan fingerprint density at radius 2 is 1.82 bits per heavy atom. The second-order valence-electron chi connectivity index (χ2n) is 3.58. The number of rotatable bonds is 0. The minimum atomic E-state index is 0.657. The van der Waals surface area contributed by atoms with Crippen molar-refractivity contribution >= 4 is 0 Å². The normalized spacial score (nSPS) is 39.8. The zero-order valence-corrected chi connectivity index (χ0v) is 6.66. The molecule has 3 rings (SSSR count). The molecular formula is C7H14N4. The van der Waals surface area contributed by atoms with Gasteiger partial charge in [-0.25, -0.2) is 0 Å². The molecule has 0 aromatic rings. The first-order chi connectivity index (χ1) is 5.45. The third-order valence-corrected chi connectivity index (χ3v) is 2.91. The van der Waals surface area contributed by atoms with Crippen molar-refractivity contribution in [1.29, 1.82) is 0 Å². The van der Waals surface area contributed by atoms with Gasteiger partial charge in [0.05, 0.1) is 13.3 Å². The summed E-state index contributed by atoms with van der Waals surface area (Å²) in [7, 11) is 0. The van der Waals surface area contributed by atoms with Crippen LogP contribution in [0.25, 0.3) is 0 Å². The minimum absolute atomic E-state index is 0.657. The monoisotopic (exact) mass is 154 g/mol. The molecule has 0 aliphatic carbocycles. The van der Waals surface area contributed by atoms with Gasteiger partial charge in [-0.2, -0.15) is 0 Å².